The maximum absolute atomic E-state index is 10.9. The van der Waals surface area contributed by atoms with Crippen molar-refractivity contribution in [2.75, 3.05) is 0 Å². The number of para-hydroxylation sites is 2. The Balaban J connectivity index is 1.19. The zero-order chi connectivity index (χ0) is 36.6. The number of fused-ring (bicyclic) bond motifs is 10. The predicted octanol–water partition coefficient (Wildman–Crippen LogP) is 12.9. The fourth-order valence-corrected chi connectivity index (χ4v) is 8.56. The molecule has 0 saturated heterocycles. The normalized spacial score (nSPS) is 11.6. The summed E-state index contributed by atoms with van der Waals surface area (Å²) in [5, 5.41) is 28.1. The summed E-state index contributed by atoms with van der Waals surface area (Å²) < 4.78 is 10.8. The number of hydrogen-bond acceptors (Lipinski definition) is 3. The van der Waals surface area contributed by atoms with E-state index in [2.05, 4.69) is 112 Å². The van der Waals surface area contributed by atoms with E-state index < -0.39 is 0 Å². The lowest BCUT2D eigenvalue weighted by Crippen LogP contribution is -2.04. The summed E-state index contributed by atoms with van der Waals surface area (Å²) in [5.74, 6) is 0. The number of nitrogens with zero attached hydrogens (tertiary/aromatic N) is 4. The highest BCUT2D eigenvalue weighted by molar-refractivity contribution is 6.24. The van der Waals surface area contributed by atoms with E-state index in [1.54, 1.807) is 0 Å². The number of aromatic nitrogens is 2. The molecule has 0 radical (unpaired) electrons. The average molecular weight is 701 g/mol. The molecule has 3 aromatic heterocycles. The van der Waals surface area contributed by atoms with Gasteiger partial charge >= 0.3 is 0 Å². The monoisotopic (exact) mass is 700 g/mol. The van der Waals surface area contributed by atoms with Gasteiger partial charge in [0.05, 0.1) is 44.3 Å². The van der Waals surface area contributed by atoms with Crippen molar-refractivity contribution in [2.45, 2.75) is 0 Å². The standard InChI is InChI=1S/C50H28N4O/c51-29-35-25-37(53-43-17-9-7-16-40(43)48-46(53)24-21-39-38-15-8-10-18-47(38)55-50(39)48)26-36(30-52)49(35)54-44-22-19-33(31-11-3-1-4-12-31)27-41(44)42-28-34(20-23-45(42)54)32-13-5-2-6-14-32/h1-28H. The van der Waals surface area contributed by atoms with Gasteiger partial charge in [0, 0.05) is 32.6 Å². The molecule has 11 aromatic rings. The molecule has 5 nitrogen and oxygen atoms in total. The molecule has 0 atom stereocenters. The Morgan fingerprint density at radius 2 is 0.927 bits per heavy atom. The number of furan rings is 1. The number of hydrogen-bond donors (Lipinski definition) is 0. The molecule has 0 spiro atoms. The van der Waals surface area contributed by atoms with E-state index in [1.807, 2.05) is 78.9 Å². The molecular weight excluding hydrogens is 673 g/mol. The van der Waals surface area contributed by atoms with Gasteiger partial charge in [-0.3, -0.25) is 0 Å². The van der Waals surface area contributed by atoms with Crippen LogP contribution in [-0.4, -0.2) is 9.13 Å². The highest BCUT2D eigenvalue weighted by Gasteiger charge is 2.23. The largest absolute Gasteiger partial charge is 0.455 e. The molecule has 0 unspecified atom stereocenters. The van der Waals surface area contributed by atoms with Crippen LogP contribution >= 0.6 is 0 Å². The van der Waals surface area contributed by atoms with Crippen LogP contribution in [0.25, 0.3) is 99.2 Å². The minimum atomic E-state index is 0.405. The summed E-state index contributed by atoms with van der Waals surface area (Å²) in [6, 6.07) is 63.0. The summed E-state index contributed by atoms with van der Waals surface area (Å²) in [7, 11) is 0. The van der Waals surface area contributed by atoms with Gasteiger partial charge in [0.25, 0.3) is 0 Å². The summed E-state index contributed by atoms with van der Waals surface area (Å²) in [6.07, 6.45) is 0. The fourth-order valence-electron chi connectivity index (χ4n) is 8.56. The second-order valence-electron chi connectivity index (χ2n) is 13.9. The van der Waals surface area contributed by atoms with E-state index in [9.17, 15) is 10.5 Å². The Hall–Kier alpha value is -7.86. The van der Waals surface area contributed by atoms with E-state index in [4.69, 9.17) is 4.42 Å². The maximum atomic E-state index is 10.9. The van der Waals surface area contributed by atoms with Gasteiger partial charge in [0.2, 0.25) is 0 Å². The van der Waals surface area contributed by atoms with Crippen molar-refractivity contribution in [3.8, 4) is 45.8 Å². The number of benzene rings is 8. The highest BCUT2D eigenvalue weighted by atomic mass is 16.3. The van der Waals surface area contributed by atoms with Gasteiger partial charge in [-0.25, -0.2) is 0 Å². The van der Waals surface area contributed by atoms with Gasteiger partial charge in [-0.1, -0.05) is 109 Å². The molecule has 0 aliphatic rings. The van der Waals surface area contributed by atoms with Gasteiger partial charge in [-0.2, -0.15) is 10.5 Å². The van der Waals surface area contributed by atoms with Gasteiger partial charge < -0.3 is 13.6 Å². The minimum Gasteiger partial charge on any atom is -0.455 e. The van der Waals surface area contributed by atoms with E-state index in [0.29, 0.717) is 16.8 Å². The van der Waals surface area contributed by atoms with Crippen LogP contribution in [0.4, 0.5) is 0 Å². The lowest BCUT2D eigenvalue weighted by molar-refractivity contribution is 0.673. The van der Waals surface area contributed by atoms with Crippen molar-refractivity contribution < 1.29 is 4.42 Å². The maximum Gasteiger partial charge on any atom is 0.145 e. The summed E-state index contributed by atoms with van der Waals surface area (Å²) in [4.78, 5) is 0. The van der Waals surface area contributed by atoms with Crippen molar-refractivity contribution in [1.29, 1.82) is 10.5 Å². The first-order valence-corrected chi connectivity index (χ1v) is 18.2. The van der Waals surface area contributed by atoms with Gasteiger partial charge in [-0.15, -0.1) is 0 Å². The van der Waals surface area contributed by atoms with E-state index >= 15 is 0 Å². The highest BCUT2D eigenvalue weighted by Crippen LogP contribution is 2.43. The topological polar surface area (TPSA) is 70.6 Å². The third-order valence-electron chi connectivity index (χ3n) is 11.0. The van der Waals surface area contributed by atoms with Crippen molar-refractivity contribution in [3.05, 3.63) is 181 Å². The Bertz CT molecular complexity index is 3310. The Morgan fingerprint density at radius 3 is 1.55 bits per heavy atom. The first-order chi connectivity index (χ1) is 27.2. The van der Waals surface area contributed by atoms with Crippen molar-refractivity contribution in [3.63, 3.8) is 0 Å². The molecule has 8 aromatic carbocycles. The second-order valence-corrected chi connectivity index (χ2v) is 13.9. The van der Waals surface area contributed by atoms with Crippen LogP contribution in [0.2, 0.25) is 0 Å². The van der Waals surface area contributed by atoms with E-state index in [1.165, 1.54) is 0 Å². The number of rotatable bonds is 4. The predicted molar refractivity (Wildman–Crippen MR) is 223 cm³/mol. The van der Waals surface area contributed by atoms with Gasteiger partial charge in [0.1, 0.15) is 23.3 Å². The van der Waals surface area contributed by atoms with Crippen molar-refractivity contribution >= 4 is 65.6 Å². The Morgan fingerprint density at radius 1 is 0.400 bits per heavy atom. The Kier molecular flexibility index (Phi) is 6.61. The van der Waals surface area contributed by atoms with Crippen LogP contribution in [0.5, 0.6) is 0 Å². The molecule has 11 rings (SSSR count). The lowest BCUT2D eigenvalue weighted by atomic mass is 10.0. The lowest BCUT2D eigenvalue weighted by Gasteiger charge is -2.16. The van der Waals surface area contributed by atoms with Crippen LogP contribution in [0.1, 0.15) is 11.1 Å². The molecule has 254 valence electrons. The average Bonchev–Trinajstić information content (AvgIpc) is 3.91. The molecule has 0 N–H and O–H groups in total. The van der Waals surface area contributed by atoms with Gasteiger partial charge in [0.15, 0.2) is 0 Å². The molecule has 0 fully saturated rings. The number of nitriles is 2. The first-order valence-electron chi connectivity index (χ1n) is 18.2. The van der Waals surface area contributed by atoms with Crippen LogP contribution in [0.15, 0.2) is 174 Å². The van der Waals surface area contributed by atoms with Crippen molar-refractivity contribution in [2.24, 2.45) is 0 Å². The van der Waals surface area contributed by atoms with Crippen molar-refractivity contribution in [1.82, 2.24) is 9.13 Å². The zero-order valence-electron chi connectivity index (χ0n) is 29.4. The third-order valence-corrected chi connectivity index (χ3v) is 11.0. The fraction of sp³-hybridized carbons (Fsp3) is 0. The van der Waals surface area contributed by atoms with E-state index in [0.717, 1.165) is 93.5 Å². The zero-order valence-corrected chi connectivity index (χ0v) is 29.4. The quantitative estimate of drug-likeness (QED) is 0.183. The second kappa shape index (κ2) is 11.8. The molecule has 0 saturated carbocycles. The third kappa shape index (κ3) is 4.51. The molecule has 5 heteroatoms. The van der Waals surface area contributed by atoms with E-state index in [-0.39, 0.29) is 0 Å². The van der Waals surface area contributed by atoms with Crippen LogP contribution in [0, 0.1) is 22.7 Å². The van der Waals surface area contributed by atoms with Crippen LogP contribution in [-0.2, 0) is 0 Å². The smallest absolute Gasteiger partial charge is 0.145 e. The minimum absolute atomic E-state index is 0.405. The molecule has 55 heavy (non-hydrogen) atoms. The molecular formula is C50H28N4O. The van der Waals surface area contributed by atoms with Gasteiger partial charge in [-0.05, 0) is 82.9 Å². The van der Waals surface area contributed by atoms with Crippen LogP contribution < -0.4 is 0 Å². The van der Waals surface area contributed by atoms with Crippen LogP contribution in [0.3, 0.4) is 0 Å². The summed E-state index contributed by atoms with van der Waals surface area (Å²) in [6.45, 7) is 0. The molecule has 0 amide bonds. The summed E-state index contributed by atoms with van der Waals surface area (Å²) in [5.41, 5.74) is 11.9. The summed E-state index contributed by atoms with van der Waals surface area (Å²) >= 11 is 0. The SMILES string of the molecule is N#Cc1cc(-n2c3ccccc3c3c4oc5ccccc5c4ccc32)cc(C#N)c1-n1c2ccc(-c3ccccc3)cc2c2cc(-c3ccccc3)ccc21. The molecule has 3 heterocycles. The molecule has 0 aliphatic heterocycles. The first kappa shape index (κ1) is 30.7. The molecule has 0 bridgehead atoms. The Labute approximate surface area is 315 Å². The molecule has 0 aliphatic carbocycles.